The van der Waals surface area contributed by atoms with Crippen molar-refractivity contribution >= 4 is 11.6 Å². The molecule has 7 nitrogen and oxygen atoms in total. The summed E-state index contributed by atoms with van der Waals surface area (Å²) in [5.74, 6) is -0.512. The van der Waals surface area contributed by atoms with E-state index in [1.54, 1.807) is 25.1 Å². The number of aryl methyl sites for hydroxylation is 1. The second kappa shape index (κ2) is 8.85. The van der Waals surface area contributed by atoms with Crippen LogP contribution in [0.3, 0.4) is 0 Å². The highest BCUT2D eigenvalue weighted by Gasteiger charge is 2.15. The van der Waals surface area contributed by atoms with Crippen LogP contribution in [0.1, 0.15) is 23.6 Å². The average molecular weight is 388 g/mol. The van der Waals surface area contributed by atoms with E-state index in [0.29, 0.717) is 12.1 Å². The topological polar surface area (TPSA) is 96.9 Å². The van der Waals surface area contributed by atoms with E-state index in [1.807, 2.05) is 42.5 Å². The van der Waals surface area contributed by atoms with Crippen LogP contribution in [0.4, 0.5) is 5.69 Å². The van der Waals surface area contributed by atoms with Crippen LogP contribution in [0.15, 0.2) is 70.4 Å². The summed E-state index contributed by atoms with van der Waals surface area (Å²) in [6.07, 6.45) is 1.85. The predicted octanol–water partition coefficient (Wildman–Crippen LogP) is 2.13. The molecule has 0 saturated carbocycles. The maximum Gasteiger partial charge on any atom is 0.331 e. The Bertz CT molecular complexity index is 1190. The number of hydrogen-bond acceptors (Lipinski definition) is 4. The molecule has 29 heavy (non-hydrogen) atoms. The summed E-state index contributed by atoms with van der Waals surface area (Å²) in [5.41, 5.74) is 1.05. The Kier molecular flexibility index (Phi) is 6.05. The largest absolute Gasteiger partial charge is 0.331 e. The van der Waals surface area contributed by atoms with E-state index in [0.717, 1.165) is 15.7 Å². The normalized spacial score (nSPS) is 10.3. The zero-order chi connectivity index (χ0) is 20.8. The quantitative estimate of drug-likeness (QED) is 0.700. The number of anilines is 1. The fourth-order valence-electron chi connectivity index (χ4n) is 3.04. The Balaban J connectivity index is 1.85. The molecule has 0 fully saturated rings. The molecule has 2 aromatic carbocycles. The van der Waals surface area contributed by atoms with E-state index in [2.05, 4.69) is 5.32 Å². The number of amides is 1. The fourth-order valence-corrected chi connectivity index (χ4v) is 3.04. The van der Waals surface area contributed by atoms with Crippen LogP contribution < -0.4 is 16.6 Å². The standard InChI is InChI=1S/C22H20N4O3/c1-2-25-14-18(13-23)21(28)26(22(25)29)15-20(27)24-19-11-7-6-10-17(19)12-16-8-4-3-5-9-16/h3-11,14H,2,12,15H2,1H3,(H,24,27). The van der Waals surface area contributed by atoms with Gasteiger partial charge in [0.2, 0.25) is 5.91 Å². The number of aromatic nitrogens is 2. The van der Waals surface area contributed by atoms with Crippen LogP contribution >= 0.6 is 0 Å². The summed E-state index contributed by atoms with van der Waals surface area (Å²) in [5, 5.41) is 11.9. The minimum Gasteiger partial charge on any atom is -0.324 e. The van der Waals surface area contributed by atoms with E-state index in [9.17, 15) is 14.4 Å². The van der Waals surface area contributed by atoms with E-state index in [-0.39, 0.29) is 12.1 Å². The van der Waals surface area contributed by atoms with Gasteiger partial charge in [-0.05, 0) is 30.5 Å². The highest BCUT2D eigenvalue weighted by atomic mass is 16.2. The van der Waals surface area contributed by atoms with Gasteiger partial charge >= 0.3 is 5.69 Å². The number of rotatable bonds is 6. The zero-order valence-corrected chi connectivity index (χ0v) is 16.0. The monoisotopic (exact) mass is 388 g/mol. The first-order valence-electron chi connectivity index (χ1n) is 9.19. The average Bonchev–Trinajstić information content (AvgIpc) is 2.73. The number of benzene rings is 2. The van der Waals surface area contributed by atoms with Crippen molar-refractivity contribution in [3.8, 4) is 6.07 Å². The number of hydrogen-bond donors (Lipinski definition) is 1. The minimum atomic E-state index is -0.769. The van der Waals surface area contributed by atoms with Crippen molar-refractivity contribution < 1.29 is 4.79 Å². The maximum absolute atomic E-state index is 12.6. The van der Waals surface area contributed by atoms with E-state index in [1.165, 1.54) is 10.8 Å². The summed E-state index contributed by atoms with van der Waals surface area (Å²) >= 11 is 0. The Hall–Kier alpha value is -3.92. The number of carbonyl (C=O) groups is 1. The Labute approximate surface area is 167 Å². The van der Waals surface area contributed by atoms with E-state index in [4.69, 9.17) is 5.26 Å². The van der Waals surface area contributed by atoms with Crippen LogP contribution in [0.2, 0.25) is 0 Å². The number of nitriles is 1. The third-order valence-corrected chi connectivity index (χ3v) is 4.53. The molecule has 0 aliphatic heterocycles. The molecule has 0 radical (unpaired) electrons. The third-order valence-electron chi connectivity index (χ3n) is 4.53. The first-order valence-corrected chi connectivity index (χ1v) is 9.19. The van der Waals surface area contributed by atoms with Gasteiger partial charge in [0.15, 0.2) is 0 Å². The predicted molar refractivity (Wildman–Crippen MR) is 110 cm³/mol. The third kappa shape index (κ3) is 4.50. The van der Waals surface area contributed by atoms with Gasteiger partial charge in [0, 0.05) is 18.4 Å². The molecule has 3 rings (SSSR count). The lowest BCUT2D eigenvalue weighted by molar-refractivity contribution is -0.116. The number of para-hydroxylation sites is 1. The van der Waals surface area contributed by atoms with Crippen LogP contribution in [-0.2, 0) is 24.3 Å². The highest BCUT2D eigenvalue weighted by Crippen LogP contribution is 2.19. The Morgan fingerprint density at radius 2 is 1.76 bits per heavy atom. The molecule has 1 aromatic heterocycles. The molecule has 1 N–H and O–H groups in total. The SMILES string of the molecule is CCn1cc(C#N)c(=O)n(CC(=O)Nc2ccccc2Cc2ccccc2)c1=O. The lowest BCUT2D eigenvalue weighted by atomic mass is 10.0. The molecule has 0 unspecified atom stereocenters. The smallest absolute Gasteiger partial charge is 0.324 e. The summed E-state index contributed by atoms with van der Waals surface area (Å²) in [7, 11) is 0. The lowest BCUT2D eigenvalue weighted by Crippen LogP contribution is -2.43. The Morgan fingerprint density at radius 1 is 1.07 bits per heavy atom. The van der Waals surface area contributed by atoms with E-state index >= 15 is 0 Å². The van der Waals surface area contributed by atoms with Crippen molar-refractivity contribution in [1.82, 2.24) is 9.13 Å². The number of carbonyl (C=O) groups excluding carboxylic acids is 1. The van der Waals surface area contributed by atoms with Gasteiger partial charge in [-0.2, -0.15) is 5.26 Å². The first-order chi connectivity index (χ1) is 14.0. The summed E-state index contributed by atoms with van der Waals surface area (Å²) < 4.78 is 2.02. The second-order valence-electron chi connectivity index (χ2n) is 6.48. The molecule has 146 valence electrons. The van der Waals surface area contributed by atoms with Gasteiger partial charge in [-0.15, -0.1) is 0 Å². The van der Waals surface area contributed by atoms with Gasteiger partial charge in [-0.3, -0.25) is 14.2 Å². The van der Waals surface area contributed by atoms with Gasteiger partial charge in [-0.25, -0.2) is 9.36 Å². The molecule has 0 bridgehead atoms. The van der Waals surface area contributed by atoms with Crippen molar-refractivity contribution in [3.05, 3.63) is 98.3 Å². The molecule has 3 aromatic rings. The molecular formula is C22H20N4O3. The van der Waals surface area contributed by atoms with Crippen molar-refractivity contribution in [2.24, 2.45) is 0 Å². The molecule has 0 atom stereocenters. The molecule has 0 aliphatic carbocycles. The van der Waals surface area contributed by atoms with Crippen molar-refractivity contribution in [3.63, 3.8) is 0 Å². The van der Waals surface area contributed by atoms with Crippen molar-refractivity contribution in [2.75, 3.05) is 5.32 Å². The Morgan fingerprint density at radius 3 is 2.45 bits per heavy atom. The van der Waals surface area contributed by atoms with Crippen LogP contribution in [0.25, 0.3) is 0 Å². The van der Waals surface area contributed by atoms with Crippen LogP contribution in [0, 0.1) is 11.3 Å². The van der Waals surface area contributed by atoms with Crippen molar-refractivity contribution in [2.45, 2.75) is 26.4 Å². The second-order valence-corrected chi connectivity index (χ2v) is 6.48. The van der Waals surface area contributed by atoms with Gasteiger partial charge in [0.25, 0.3) is 5.56 Å². The molecule has 0 spiro atoms. The van der Waals surface area contributed by atoms with Crippen LogP contribution in [0.5, 0.6) is 0 Å². The van der Waals surface area contributed by atoms with Gasteiger partial charge in [-0.1, -0.05) is 48.5 Å². The zero-order valence-electron chi connectivity index (χ0n) is 16.0. The molecule has 7 heteroatoms. The summed E-state index contributed by atoms with van der Waals surface area (Å²) in [6, 6.07) is 19.0. The molecular weight excluding hydrogens is 368 g/mol. The molecule has 1 heterocycles. The molecule has 1 amide bonds. The number of nitrogens with one attached hydrogen (secondary N) is 1. The fraction of sp³-hybridized carbons (Fsp3) is 0.182. The molecule has 0 saturated heterocycles. The van der Waals surface area contributed by atoms with Crippen LogP contribution in [-0.4, -0.2) is 15.0 Å². The number of nitrogens with zero attached hydrogens (tertiary/aromatic N) is 3. The van der Waals surface area contributed by atoms with Gasteiger partial charge in [0.1, 0.15) is 18.2 Å². The minimum absolute atomic E-state index is 0.177. The summed E-state index contributed by atoms with van der Waals surface area (Å²) in [4.78, 5) is 37.3. The van der Waals surface area contributed by atoms with Gasteiger partial charge < -0.3 is 5.32 Å². The lowest BCUT2D eigenvalue weighted by Gasteiger charge is -2.13. The van der Waals surface area contributed by atoms with Crippen molar-refractivity contribution in [1.29, 1.82) is 5.26 Å². The molecule has 0 aliphatic rings. The summed E-state index contributed by atoms with van der Waals surface area (Å²) in [6.45, 7) is 1.54. The van der Waals surface area contributed by atoms with E-state index < -0.39 is 23.7 Å². The maximum atomic E-state index is 12.6. The van der Waals surface area contributed by atoms with Gasteiger partial charge in [0.05, 0.1) is 0 Å². The highest BCUT2D eigenvalue weighted by molar-refractivity contribution is 5.91. The first kappa shape index (κ1) is 19.8.